The van der Waals surface area contributed by atoms with Crippen LogP contribution in [-0.4, -0.2) is 112 Å². The number of aromatic nitrogens is 1. The predicted molar refractivity (Wildman–Crippen MR) is 173 cm³/mol. The third-order valence-corrected chi connectivity index (χ3v) is 12.1. The number of hydrogen-bond donors (Lipinski definition) is 0. The lowest BCUT2D eigenvalue weighted by Crippen LogP contribution is -2.49. The van der Waals surface area contributed by atoms with Crippen molar-refractivity contribution in [2.45, 2.75) is 75.1 Å². The molecule has 0 spiro atoms. The van der Waals surface area contributed by atoms with Gasteiger partial charge in [-0.3, -0.25) is 9.78 Å². The predicted octanol–water partition coefficient (Wildman–Crippen LogP) is 3.94. The number of pyridine rings is 1. The monoisotopic (exact) mass is 642 g/mol. The first-order chi connectivity index (χ1) is 21.7. The number of carbonyl (C=O) groups excluding carboxylic acids is 1. The first kappa shape index (κ1) is 33.8. The van der Waals surface area contributed by atoms with Gasteiger partial charge < -0.3 is 24.0 Å². The molecule has 11 heteroatoms. The lowest BCUT2D eigenvalue weighted by molar-refractivity contribution is -0.138. The average Bonchev–Trinajstić information content (AvgIpc) is 3.57. The van der Waals surface area contributed by atoms with Gasteiger partial charge >= 0.3 is 0 Å². The van der Waals surface area contributed by atoms with Crippen molar-refractivity contribution in [3.63, 3.8) is 0 Å². The van der Waals surface area contributed by atoms with Crippen molar-refractivity contribution in [3.05, 3.63) is 53.3 Å². The molecular formula is C34H50N4O6S. The van der Waals surface area contributed by atoms with Gasteiger partial charge in [-0.2, -0.15) is 4.31 Å². The van der Waals surface area contributed by atoms with Gasteiger partial charge in [-0.05, 0) is 100 Å². The molecule has 0 saturated carbocycles. The number of carbonyl (C=O) groups is 1. The third kappa shape index (κ3) is 8.05. The van der Waals surface area contributed by atoms with Crippen LogP contribution in [0.3, 0.4) is 0 Å². The van der Waals surface area contributed by atoms with E-state index in [1.54, 1.807) is 43.6 Å². The van der Waals surface area contributed by atoms with Crippen LogP contribution in [0, 0.1) is 13.8 Å². The normalized spacial score (nSPS) is 21.2. The van der Waals surface area contributed by atoms with Crippen molar-refractivity contribution in [1.29, 1.82) is 0 Å². The molecule has 3 aliphatic rings. The number of piperidine rings is 2. The number of ether oxygens (including phenoxy) is 3. The zero-order valence-corrected chi connectivity index (χ0v) is 28.0. The van der Waals surface area contributed by atoms with Crippen molar-refractivity contribution in [2.24, 2.45) is 0 Å². The van der Waals surface area contributed by atoms with E-state index in [1.165, 1.54) is 12.8 Å². The van der Waals surface area contributed by atoms with E-state index < -0.39 is 10.0 Å². The van der Waals surface area contributed by atoms with Crippen LogP contribution in [-0.2, 0) is 29.7 Å². The molecule has 0 bridgehead atoms. The Morgan fingerprint density at radius 3 is 2.38 bits per heavy atom. The number of sulfonamides is 1. The molecule has 5 rings (SSSR count). The smallest absolute Gasteiger partial charge is 0.248 e. The van der Waals surface area contributed by atoms with E-state index in [-0.39, 0.29) is 30.6 Å². The second kappa shape index (κ2) is 15.3. The maximum absolute atomic E-state index is 13.9. The van der Waals surface area contributed by atoms with Crippen LogP contribution in [0.2, 0.25) is 0 Å². The highest BCUT2D eigenvalue weighted by Gasteiger charge is 2.39. The van der Waals surface area contributed by atoms with Crippen LogP contribution in [0.15, 0.2) is 41.6 Å². The first-order valence-electron chi connectivity index (χ1n) is 16.5. The van der Waals surface area contributed by atoms with Crippen LogP contribution >= 0.6 is 0 Å². The Morgan fingerprint density at radius 1 is 1.00 bits per heavy atom. The molecule has 0 N–H and O–H groups in total. The fraction of sp³-hybridized carbons (Fsp3) is 0.647. The maximum atomic E-state index is 13.9. The molecule has 1 aromatic heterocycles. The molecule has 248 valence electrons. The van der Waals surface area contributed by atoms with Crippen molar-refractivity contribution in [1.82, 2.24) is 19.1 Å². The van der Waals surface area contributed by atoms with Gasteiger partial charge in [0.2, 0.25) is 15.9 Å². The van der Waals surface area contributed by atoms with E-state index in [4.69, 9.17) is 14.2 Å². The molecule has 1 unspecified atom stereocenters. The van der Waals surface area contributed by atoms with E-state index in [9.17, 15) is 13.2 Å². The molecule has 0 aliphatic carbocycles. The number of amides is 1. The quantitative estimate of drug-likeness (QED) is 0.303. The van der Waals surface area contributed by atoms with E-state index in [2.05, 4.69) is 16.0 Å². The number of aryl methyl sites for hydroxylation is 2. The zero-order chi connectivity index (χ0) is 31.9. The average molecular weight is 643 g/mol. The molecule has 1 atom stereocenters. The Morgan fingerprint density at radius 2 is 1.71 bits per heavy atom. The molecule has 1 aromatic carbocycles. The highest BCUT2D eigenvalue weighted by Crippen LogP contribution is 2.36. The van der Waals surface area contributed by atoms with Crippen LogP contribution < -0.4 is 4.74 Å². The Kier molecular flexibility index (Phi) is 11.5. The minimum atomic E-state index is -3.74. The van der Waals surface area contributed by atoms with Gasteiger partial charge in [0.05, 0.1) is 31.8 Å². The summed E-state index contributed by atoms with van der Waals surface area (Å²) in [4.78, 5) is 22.3. The molecule has 3 saturated heterocycles. The number of hydrogen-bond acceptors (Lipinski definition) is 8. The van der Waals surface area contributed by atoms with Crippen LogP contribution in [0.4, 0.5) is 0 Å². The molecule has 0 radical (unpaired) electrons. The van der Waals surface area contributed by atoms with E-state index in [0.29, 0.717) is 61.0 Å². The Bertz CT molecular complexity index is 1350. The standard InChI is InChI=1S/C34H50N4O6S/c1-27-21-31(42-3)22-28(2)33(27)45(40,41)38-16-5-4-10-30(38)24-44-25-32(39)37-17-11-34(12-18-37,29-9-8-13-35-23-29)26-43-20-19-36-14-6-7-15-36/h8-9,13,21-23,30H,4-7,10-12,14-20,24-26H2,1-3H3. The summed E-state index contributed by atoms with van der Waals surface area (Å²) in [5, 5.41) is 0. The number of nitrogens with zero attached hydrogens (tertiary/aromatic N) is 4. The van der Waals surface area contributed by atoms with Gasteiger partial charge in [0, 0.05) is 50.0 Å². The maximum Gasteiger partial charge on any atom is 0.248 e. The van der Waals surface area contributed by atoms with Gasteiger partial charge in [-0.25, -0.2) is 8.42 Å². The van der Waals surface area contributed by atoms with Crippen molar-refractivity contribution >= 4 is 15.9 Å². The third-order valence-electron chi connectivity index (χ3n) is 9.82. The molecule has 3 fully saturated rings. The SMILES string of the molecule is COc1cc(C)c(S(=O)(=O)N2CCCCC2COCC(=O)N2CCC(COCCN3CCCC3)(c3cccnc3)CC2)c(C)c1. The lowest BCUT2D eigenvalue weighted by Gasteiger charge is -2.42. The largest absolute Gasteiger partial charge is 0.497 e. The van der Waals surface area contributed by atoms with Gasteiger partial charge in [-0.1, -0.05) is 12.5 Å². The fourth-order valence-electron chi connectivity index (χ4n) is 7.23. The van der Waals surface area contributed by atoms with Gasteiger partial charge in [-0.15, -0.1) is 0 Å². The van der Waals surface area contributed by atoms with Crippen molar-refractivity contribution in [3.8, 4) is 5.75 Å². The van der Waals surface area contributed by atoms with Gasteiger partial charge in [0.1, 0.15) is 12.4 Å². The second-order valence-corrected chi connectivity index (χ2v) is 14.7. The molecule has 3 aliphatic heterocycles. The van der Waals surface area contributed by atoms with E-state index >= 15 is 0 Å². The molecule has 2 aromatic rings. The summed E-state index contributed by atoms with van der Waals surface area (Å²) in [7, 11) is -2.16. The Balaban J connectivity index is 1.15. The van der Waals surface area contributed by atoms with Gasteiger partial charge in [0.25, 0.3) is 0 Å². The summed E-state index contributed by atoms with van der Waals surface area (Å²) in [6.07, 6.45) is 10.3. The highest BCUT2D eigenvalue weighted by molar-refractivity contribution is 7.89. The number of benzene rings is 1. The highest BCUT2D eigenvalue weighted by atomic mass is 32.2. The summed E-state index contributed by atoms with van der Waals surface area (Å²) in [5.41, 5.74) is 2.31. The summed E-state index contributed by atoms with van der Waals surface area (Å²) < 4.78 is 46.8. The summed E-state index contributed by atoms with van der Waals surface area (Å²) in [6, 6.07) is 7.30. The number of likely N-dealkylation sites (tertiary alicyclic amines) is 2. The summed E-state index contributed by atoms with van der Waals surface area (Å²) >= 11 is 0. The molecule has 1 amide bonds. The first-order valence-corrected chi connectivity index (χ1v) is 17.9. The zero-order valence-electron chi connectivity index (χ0n) is 27.2. The summed E-state index contributed by atoms with van der Waals surface area (Å²) in [5.74, 6) is 0.582. The fourth-order valence-corrected chi connectivity index (χ4v) is 9.32. The number of methoxy groups -OCH3 is 1. The lowest BCUT2D eigenvalue weighted by atomic mass is 9.74. The van der Waals surface area contributed by atoms with E-state index in [1.807, 2.05) is 17.2 Å². The van der Waals surface area contributed by atoms with E-state index in [0.717, 1.165) is 50.9 Å². The minimum Gasteiger partial charge on any atom is -0.497 e. The summed E-state index contributed by atoms with van der Waals surface area (Å²) in [6.45, 7) is 10.0. The number of rotatable bonds is 13. The molecule has 45 heavy (non-hydrogen) atoms. The Hall–Kier alpha value is -2.57. The van der Waals surface area contributed by atoms with Crippen LogP contribution in [0.5, 0.6) is 5.75 Å². The minimum absolute atomic E-state index is 0.0583. The van der Waals surface area contributed by atoms with Gasteiger partial charge in [0.15, 0.2) is 0 Å². The van der Waals surface area contributed by atoms with Crippen molar-refractivity contribution < 1.29 is 27.4 Å². The Labute approximate surface area is 269 Å². The molecule has 10 nitrogen and oxygen atoms in total. The van der Waals surface area contributed by atoms with Crippen molar-refractivity contribution in [2.75, 3.05) is 72.8 Å². The van der Waals surface area contributed by atoms with Crippen LogP contribution in [0.25, 0.3) is 0 Å². The topological polar surface area (TPSA) is 102 Å². The second-order valence-electron chi connectivity index (χ2n) is 12.9. The molecular weight excluding hydrogens is 592 g/mol. The molecule has 4 heterocycles. The van der Waals surface area contributed by atoms with Crippen LogP contribution in [0.1, 0.15) is 61.6 Å².